The summed E-state index contributed by atoms with van der Waals surface area (Å²) in [7, 11) is 1.71. The molecule has 0 radical (unpaired) electrons. The summed E-state index contributed by atoms with van der Waals surface area (Å²) in [5.74, 6) is 0.922. The number of piperazine rings is 1. The van der Waals surface area contributed by atoms with Gasteiger partial charge in [0.25, 0.3) is 0 Å². The molecule has 4 heteroatoms. The zero-order chi connectivity index (χ0) is 16.1. The van der Waals surface area contributed by atoms with Gasteiger partial charge in [0.2, 0.25) is 0 Å². The van der Waals surface area contributed by atoms with E-state index in [1.165, 1.54) is 0 Å². The Morgan fingerprint density at radius 3 is 2.30 bits per heavy atom. The zero-order valence-corrected chi connectivity index (χ0v) is 13.6. The molecule has 0 unspecified atom stereocenters. The summed E-state index contributed by atoms with van der Waals surface area (Å²) < 4.78 is 5.45. The molecule has 122 valence electrons. The minimum absolute atomic E-state index is 0.422. The number of hydrogen-bond acceptors (Lipinski definition) is 4. The molecule has 1 saturated heterocycles. The van der Waals surface area contributed by atoms with E-state index < -0.39 is 6.10 Å². The van der Waals surface area contributed by atoms with Gasteiger partial charge >= 0.3 is 0 Å². The van der Waals surface area contributed by atoms with Crippen LogP contribution < -0.4 is 9.64 Å². The van der Waals surface area contributed by atoms with Gasteiger partial charge < -0.3 is 14.7 Å². The van der Waals surface area contributed by atoms with Gasteiger partial charge in [0.1, 0.15) is 5.75 Å². The van der Waals surface area contributed by atoms with Crippen LogP contribution in [0.25, 0.3) is 0 Å². The summed E-state index contributed by atoms with van der Waals surface area (Å²) in [6.45, 7) is 4.47. The first-order valence-corrected chi connectivity index (χ1v) is 8.11. The van der Waals surface area contributed by atoms with Crippen LogP contribution in [-0.2, 0) is 0 Å². The van der Waals surface area contributed by atoms with Gasteiger partial charge in [0, 0.05) is 32.7 Å². The highest BCUT2D eigenvalue weighted by Crippen LogP contribution is 2.28. The number of methoxy groups -OCH3 is 1. The van der Waals surface area contributed by atoms with Gasteiger partial charge in [0.05, 0.1) is 18.9 Å². The van der Waals surface area contributed by atoms with Gasteiger partial charge in [-0.25, -0.2) is 0 Å². The van der Waals surface area contributed by atoms with Gasteiger partial charge in [-0.3, -0.25) is 4.90 Å². The zero-order valence-electron chi connectivity index (χ0n) is 13.6. The Morgan fingerprint density at radius 2 is 1.61 bits per heavy atom. The third-order valence-corrected chi connectivity index (χ3v) is 4.41. The van der Waals surface area contributed by atoms with Crippen LogP contribution in [0.4, 0.5) is 5.69 Å². The Morgan fingerprint density at radius 1 is 0.957 bits per heavy atom. The maximum absolute atomic E-state index is 10.4. The number of nitrogens with zero attached hydrogens (tertiary/aromatic N) is 2. The van der Waals surface area contributed by atoms with Crippen molar-refractivity contribution in [3.8, 4) is 5.75 Å². The van der Waals surface area contributed by atoms with Crippen molar-refractivity contribution in [2.45, 2.75) is 6.10 Å². The van der Waals surface area contributed by atoms with Crippen molar-refractivity contribution >= 4 is 5.69 Å². The van der Waals surface area contributed by atoms with Crippen LogP contribution >= 0.6 is 0 Å². The predicted octanol–water partition coefficient (Wildman–Crippen LogP) is 2.55. The molecular weight excluding hydrogens is 288 g/mol. The van der Waals surface area contributed by atoms with E-state index >= 15 is 0 Å². The fourth-order valence-corrected chi connectivity index (χ4v) is 3.09. The van der Waals surface area contributed by atoms with Crippen LogP contribution in [0.5, 0.6) is 5.75 Å². The van der Waals surface area contributed by atoms with E-state index in [-0.39, 0.29) is 0 Å². The van der Waals surface area contributed by atoms with Gasteiger partial charge in [-0.05, 0) is 17.7 Å². The summed E-state index contributed by atoms with van der Waals surface area (Å²) in [5, 5.41) is 10.4. The fraction of sp³-hybridized carbons (Fsp3) is 0.368. The number of para-hydroxylation sites is 2. The highest BCUT2D eigenvalue weighted by molar-refractivity contribution is 5.58. The standard InChI is InChI=1S/C19H24N2O2/c1-23-19-10-6-5-9-17(19)21-13-11-20(12-14-21)15-18(22)16-7-3-2-4-8-16/h2-10,18,22H,11-15H2,1H3/t18-/m1/s1. The third kappa shape index (κ3) is 3.84. The fourth-order valence-electron chi connectivity index (χ4n) is 3.09. The molecule has 2 aromatic carbocycles. The number of aliphatic hydroxyl groups excluding tert-OH is 1. The second-order valence-electron chi connectivity index (χ2n) is 5.89. The Labute approximate surface area is 137 Å². The maximum Gasteiger partial charge on any atom is 0.142 e. The molecule has 0 bridgehead atoms. The van der Waals surface area contributed by atoms with Gasteiger partial charge in [0.15, 0.2) is 0 Å². The lowest BCUT2D eigenvalue weighted by molar-refractivity contribution is 0.109. The van der Waals surface area contributed by atoms with E-state index in [4.69, 9.17) is 4.74 Å². The number of ether oxygens (including phenoxy) is 1. The van der Waals surface area contributed by atoms with E-state index in [1.54, 1.807) is 7.11 Å². The molecule has 23 heavy (non-hydrogen) atoms. The molecule has 1 aliphatic rings. The monoisotopic (exact) mass is 312 g/mol. The predicted molar refractivity (Wildman–Crippen MR) is 93.0 cm³/mol. The molecule has 3 rings (SSSR count). The number of benzene rings is 2. The minimum Gasteiger partial charge on any atom is -0.495 e. The van der Waals surface area contributed by atoms with Crippen LogP contribution in [0, 0.1) is 0 Å². The quantitative estimate of drug-likeness (QED) is 0.920. The normalized spacial score (nSPS) is 17.0. The average molecular weight is 312 g/mol. The molecule has 0 aliphatic carbocycles. The molecule has 0 amide bonds. The lowest BCUT2D eigenvalue weighted by atomic mass is 10.1. The molecule has 1 atom stereocenters. The molecule has 1 N–H and O–H groups in total. The first-order chi connectivity index (χ1) is 11.3. The van der Waals surface area contributed by atoms with Crippen molar-refractivity contribution < 1.29 is 9.84 Å². The molecule has 1 aliphatic heterocycles. The molecule has 2 aromatic rings. The van der Waals surface area contributed by atoms with E-state index in [0.717, 1.165) is 43.2 Å². The summed E-state index contributed by atoms with van der Waals surface area (Å²) >= 11 is 0. The molecule has 1 fully saturated rings. The van der Waals surface area contributed by atoms with Crippen LogP contribution in [0.1, 0.15) is 11.7 Å². The first-order valence-electron chi connectivity index (χ1n) is 8.11. The molecule has 1 heterocycles. The number of rotatable bonds is 5. The number of β-amino-alcohol motifs (C(OH)–C–C–N with tert-alkyl or cyclic N) is 1. The van der Waals surface area contributed by atoms with Crippen LogP contribution in [0.2, 0.25) is 0 Å². The molecule has 0 aromatic heterocycles. The van der Waals surface area contributed by atoms with Crippen LogP contribution in [-0.4, -0.2) is 49.8 Å². The number of anilines is 1. The molecule has 0 spiro atoms. The smallest absolute Gasteiger partial charge is 0.142 e. The largest absolute Gasteiger partial charge is 0.495 e. The Balaban J connectivity index is 1.56. The third-order valence-electron chi connectivity index (χ3n) is 4.41. The van der Waals surface area contributed by atoms with E-state index in [9.17, 15) is 5.11 Å². The van der Waals surface area contributed by atoms with Crippen LogP contribution in [0.3, 0.4) is 0 Å². The number of hydrogen-bond donors (Lipinski definition) is 1. The van der Waals surface area contributed by atoms with Gasteiger partial charge in [-0.2, -0.15) is 0 Å². The van der Waals surface area contributed by atoms with Gasteiger partial charge in [-0.15, -0.1) is 0 Å². The molecular formula is C19H24N2O2. The molecule has 0 saturated carbocycles. The van der Waals surface area contributed by atoms with Crippen molar-refractivity contribution in [2.75, 3.05) is 44.7 Å². The topological polar surface area (TPSA) is 35.9 Å². The minimum atomic E-state index is -0.422. The summed E-state index contributed by atoms with van der Waals surface area (Å²) in [6.07, 6.45) is -0.422. The Bertz CT molecular complexity index is 610. The molecule has 4 nitrogen and oxygen atoms in total. The lowest BCUT2D eigenvalue weighted by Gasteiger charge is -2.37. The van der Waals surface area contributed by atoms with Crippen LogP contribution in [0.15, 0.2) is 54.6 Å². The number of aliphatic hydroxyl groups is 1. The highest BCUT2D eigenvalue weighted by atomic mass is 16.5. The van der Waals surface area contributed by atoms with Crippen molar-refractivity contribution in [3.63, 3.8) is 0 Å². The summed E-state index contributed by atoms with van der Waals surface area (Å²) in [4.78, 5) is 4.67. The Kier molecular flexibility index (Phi) is 5.16. The van der Waals surface area contributed by atoms with Crippen molar-refractivity contribution in [1.29, 1.82) is 0 Å². The van der Waals surface area contributed by atoms with Crippen molar-refractivity contribution in [1.82, 2.24) is 4.90 Å². The summed E-state index contributed by atoms with van der Waals surface area (Å²) in [5.41, 5.74) is 2.14. The average Bonchev–Trinajstić information content (AvgIpc) is 2.63. The van der Waals surface area contributed by atoms with Crippen molar-refractivity contribution in [2.24, 2.45) is 0 Å². The lowest BCUT2D eigenvalue weighted by Crippen LogP contribution is -2.47. The maximum atomic E-state index is 10.4. The SMILES string of the molecule is COc1ccccc1N1CCN(C[C@@H](O)c2ccccc2)CC1. The second-order valence-corrected chi connectivity index (χ2v) is 5.89. The van der Waals surface area contributed by atoms with Crippen molar-refractivity contribution in [3.05, 3.63) is 60.2 Å². The summed E-state index contributed by atoms with van der Waals surface area (Å²) in [6, 6.07) is 18.0. The van der Waals surface area contributed by atoms with E-state index in [0.29, 0.717) is 6.54 Å². The van der Waals surface area contributed by atoms with Gasteiger partial charge in [-0.1, -0.05) is 42.5 Å². The Hall–Kier alpha value is -2.04. The second kappa shape index (κ2) is 7.49. The van der Waals surface area contributed by atoms with E-state index in [1.807, 2.05) is 48.5 Å². The first kappa shape index (κ1) is 15.8. The van der Waals surface area contributed by atoms with E-state index in [2.05, 4.69) is 15.9 Å². The highest BCUT2D eigenvalue weighted by Gasteiger charge is 2.21.